The zero-order chi connectivity index (χ0) is 10.2. The van der Waals surface area contributed by atoms with Crippen molar-refractivity contribution in [3.05, 3.63) is 12.2 Å². The van der Waals surface area contributed by atoms with Gasteiger partial charge in [-0.2, -0.15) is 0 Å². The third-order valence-corrected chi connectivity index (χ3v) is 3.76. The quantitative estimate of drug-likeness (QED) is 0.438. The fourth-order valence-electron chi connectivity index (χ4n) is 2.77. The lowest BCUT2D eigenvalue weighted by Crippen LogP contribution is -2.37. The van der Waals surface area contributed by atoms with Crippen molar-refractivity contribution in [2.24, 2.45) is 5.92 Å². The summed E-state index contributed by atoms with van der Waals surface area (Å²) in [6, 6.07) is 0. The minimum Gasteiger partial charge on any atom is -0.454 e. The maximum Gasteiger partial charge on any atom is 0.306 e. The first kappa shape index (κ1) is 9.75. The van der Waals surface area contributed by atoms with Crippen molar-refractivity contribution in [3.63, 3.8) is 0 Å². The van der Waals surface area contributed by atoms with Crippen molar-refractivity contribution in [3.8, 4) is 0 Å². The van der Waals surface area contributed by atoms with E-state index in [2.05, 4.69) is 13.5 Å². The lowest BCUT2D eigenvalue weighted by atomic mass is 9.79. The number of hydrogen-bond acceptors (Lipinski definition) is 2. The van der Waals surface area contributed by atoms with Gasteiger partial charge in [-0.05, 0) is 30.8 Å². The molecular formula is C12H18O2. The Labute approximate surface area is 85.3 Å². The topological polar surface area (TPSA) is 26.3 Å². The van der Waals surface area contributed by atoms with Crippen LogP contribution in [0.2, 0.25) is 0 Å². The standard InChI is InChI=1S/C12H18O2/c1-9-5-3-4-6-10(2)12(9)8-7-11(13)14-12/h10H,1,3-8H2,2H3/t10-,12-/m1/s1. The van der Waals surface area contributed by atoms with Gasteiger partial charge in [0.15, 0.2) is 0 Å². The second-order valence-corrected chi connectivity index (χ2v) is 4.61. The molecular weight excluding hydrogens is 176 g/mol. The predicted molar refractivity (Wildman–Crippen MR) is 54.8 cm³/mol. The average molecular weight is 194 g/mol. The molecule has 0 amide bonds. The van der Waals surface area contributed by atoms with Crippen molar-refractivity contribution in [1.29, 1.82) is 0 Å². The Morgan fingerprint density at radius 1 is 1.43 bits per heavy atom. The van der Waals surface area contributed by atoms with Crippen molar-refractivity contribution >= 4 is 5.97 Å². The first-order chi connectivity index (χ1) is 6.65. The zero-order valence-electron chi connectivity index (χ0n) is 8.84. The minimum absolute atomic E-state index is 0.0418. The van der Waals surface area contributed by atoms with E-state index >= 15 is 0 Å². The smallest absolute Gasteiger partial charge is 0.306 e. The number of carbonyl (C=O) groups is 1. The van der Waals surface area contributed by atoms with Gasteiger partial charge in [-0.3, -0.25) is 4.79 Å². The SMILES string of the molecule is C=C1CCCC[C@@H](C)[C@@]12CCC(=O)O2. The third kappa shape index (κ3) is 1.37. The minimum atomic E-state index is -0.298. The second kappa shape index (κ2) is 3.41. The monoisotopic (exact) mass is 194 g/mol. The summed E-state index contributed by atoms with van der Waals surface area (Å²) in [7, 11) is 0. The van der Waals surface area contributed by atoms with Crippen molar-refractivity contribution in [2.45, 2.75) is 51.0 Å². The summed E-state index contributed by atoms with van der Waals surface area (Å²) in [5.74, 6) is 0.406. The Hall–Kier alpha value is -0.790. The Morgan fingerprint density at radius 2 is 2.21 bits per heavy atom. The molecule has 2 aliphatic rings. The fourth-order valence-corrected chi connectivity index (χ4v) is 2.77. The summed E-state index contributed by atoms with van der Waals surface area (Å²) in [5, 5.41) is 0. The van der Waals surface area contributed by atoms with Crippen LogP contribution in [0.5, 0.6) is 0 Å². The van der Waals surface area contributed by atoms with E-state index in [9.17, 15) is 4.79 Å². The maximum atomic E-state index is 11.3. The highest BCUT2D eigenvalue weighted by Crippen LogP contribution is 2.45. The molecule has 2 heteroatoms. The first-order valence-electron chi connectivity index (χ1n) is 5.55. The molecule has 0 bridgehead atoms. The molecule has 0 aromatic rings. The van der Waals surface area contributed by atoms with Gasteiger partial charge >= 0.3 is 5.97 Å². The van der Waals surface area contributed by atoms with Crippen LogP contribution < -0.4 is 0 Å². The summed E-state index contributed by atoms with van der Waals surface area (Å²) in [6.07, 6.45) is 6.04. The zero-order valence-corrected chi connectivity index (χ0v) is 8.84. The summed E-state index contributed by atoms with van der Waals surface area (Å²) in [6.45, 7) is 6.31. The van der Waals surface area contributed by atoms with E-state index in [4.69, 9.17) is 4.74 Å². The van der Waals surface area contributed by atoms with Gasteiger partial charge in [0.25, 0.3) is 0 Å². The van der Waals surface area contributed by atoms with Crippen LogP contribution >= 0.6 is 0 Å². The molecule has 2 atom stereocenters. The van der Waals surface area contributed by atoms with Gasteiger partial charge in [0.2, 0.25) is 0 Å². The molecule has 0 radical (unpaired) electrons. The molecule has 2 rings (SSSR count). The van der Waals surface area contributed by atoms with Crippen LogP contribution in [-0.2, 0) is 9.53 Å². The van der Waals surface area contributed by atoms with Gasteiger partial charge < -0.3 is 4.74 Å². The fraction of sp³-hybridized carbons (Fsp3) is 0.750. The molecule has 0 N–H and O–H groups in total. The summed E-state index contributed by atoms with van der Waals surface area (Å²) in [4.78, 5) is 11.3. The highest BCUT2D eigenvalue weighted by Gasteiger charge is 2.47. The van der Waals surface area contributed by atoms with Crippen molar-refractivity contribution < 1.29 is 9.53 Å². The molecule has 1 saturated heterocycles. The van der Waals surface area contributed by atoms with Gasteiger partial charge in [0.1, 0.15) is 5.60 Å². The molecule has 1 saturated carbocycles. The molecule has 2 nitrogen and oxygen atoms in total. The summed E-state index contributed by atoms with van der Waals surface area (Å²) >= 11 is 0. The Morgan fingerprint density at radius 3 is 2.86 bits per heavy atom. The van der Waals surface area contributed by atoms with Crippen LogP contribution in [0.1, 0.15) is 45.4 Å². The van der Waals surface area contributed by atoms with Crippen LogP contribution in [0.15, 0.2) is 12.2 Å². The molecule has 14 heavy (non-hydrogen) atoms. The molecule has 1 heterocycles. The number of hydrogen-bond donors (Lipinski definition) is 0. The van der Waals surface area contributed by atoms with Crippen molar-refractivity contribution in [1.82, 2.24) is 0 Å². The first-order valence-corrected chi connectivity index (χ1v) is 5.55. The normalized spacial score (nSPS) is 38.5. The van der Waals surface area contributed by atoms with E-state index in [1.165, 1.54) is 12.8 Å². The van der Waals surface area contributed by atoms with Crippen LogP contribution in [0.25, 0.3) is 0 Å². The maximum absolute atomic E-state index is 11.3. The average Bonchev–Trinajstić information content (AvgIpc) is 2.49. The summed E-state index contributed by atoms with van der Waals surface area (Å²) in [5.41, 5.74) is 0.849. The highest BCUT2D eigenvalue weighted by molar-refractivity contribution is 5.73. The van der Waals surface area contributed by atoms with Crippen LogP contribution in [0.4, 0.5) is 0 Å². The van der Waals surface area contributed by atoms with Crippen LogP contribution in [-0.4, -0.2) is 11.6 Å². The lowest BCUT2D eigenvalue weighted by molar-refractivity contribution is -0.149. The second-order valence-electron chi connectivity index (χ2n) is 4.61. The van der Waals surface area contributed by atoms with E-state index in [1.54, 1.807) is 0 Å². The van der Waals surface area contributed by atoms with E-state index in [0.29, 0.717) is 12.3 Å². The molecule has 0 aromatic heterocycles. The van der Waals surface area contributed by atoms with E-state index in [1.807, 2.05) is 0 Å². The third-order valence-electron chi connectivity index (χ3n) is 3.76. The molecule has 0 aromatic carbocycles. The molecule has 1 spiro atoms. The van der Waals surface area contributed by atoms with E-state index in [0.717, 1.165) is 24.8 Å². The Balaban J connectivity index is 2.27. The number of esters is 1. The van der Waals surface area contributed by atoms with Crippen LogP contribution in [0, 0.1) is 5.92 Å². The number of ether oxygens (including phenoxy) is 1. The molecule has 78 valence electrons. The highest BCUT2D eigenvalue weighted by atomic mass is 16.6. The molecule has 0 unspecified atom stereocenters. The molecule has 1 aliphatic carbocycles. The Bertz CT molecular complexity index is 269. The van der Waals surface area contributed by atoms with Crippen molar-refractivity contribution in [2.75, 3.05) is 0 Å². The van der Waals surface area contributed by atoms with Gasteiger partial charge in [-0.1, -0.05) is 19.9 Å². The number of carbonyl (C=O) groups excluding carboxylic acids is 1. The van der Waals surface area contributed by atoms with Gasteiger partial charge in [0, 0.05) is 12.8 Å². The molecule has 2 fully saturated rings. The number of rotatable bonds is 0. The van der Waals surface area contributed by atoms with E-state index < -0.39 is 0 Å². The van der Waals surface area contributed by atoms with Gasteiger partial charge in [-0.25, -0.2) is 0 Å². The van der Waals surface area contributed by atoms with E-state index in [-0.39, 0.29) is 11.6 Å². The Kier molecular flexibility index (Phi) is 2.38. The molecule has 1 aliphatic heterocycles. The summed E-state index contributed by atoms with van der Waals surface area (Å²) < 4.78 is 5.56. The van der Waals surface area contributed by atoms with Gasteiger partial charge in [0.05, 0.1) is 0 Å². The van der Waals surface area contributed by atoms with Crippen LogP contribution in [0.3, 0.4) is 0 Å². The largest absolute Gasteiger partial charge is 0.454 e. The predicted octanol–water partition coefficient (Wildman–Crippen LogP) is 2.83. The van der Waals surface area contributed by atoms with Gasteiger partial charge in [-0.15, -0.1) is 0 Å². The lowest BCUT2D eigenvalue weighted by Gasteiger charge is -2.34.